The molecule has 0 spiro atoms. The summed E-state index contributed by atoms with van der Waals surface area (Å²) in [6.45, 7) is 0.185. The van der Waals surface area contributed by atoms with Gasteiger partial charge in [-0.15, -0.1) is 0 Å². The maximum atomic E-state index is 13.0. The summed E-state index contributed by atoms with van der Waals surface area (Å²) in [5.74, 6) is -0.615. The van der Waals surface area contributed by atoms with E-state index in [0.717, 1.165) is 0 Å². The van der Waals surface area contributed by atoms with Crippen molar-refractivity contribution >= 4 is 34.8 Å². The standard InChI is InChI=1S/C19H18ClFN2O4/c1-26-16-9-17(27-2)15(8-14(16)20)23-10-11(7-18(23)24)19(25)22-13-5-3-12(21)4-6-13/h3-6,8-9,11H,7,10H2,1-2H3,(H,22,25)/t11-/m0/s1. The first-order valence-corrected chi connectivity index (χ1v) is 8.59. The maximum Gasteiger partial charge on any atom is 0.229 e. The predicted octanol–water partition coefficient (Wildman–Crippen LogP) is 3.49. The fraction of sp³-hybridized carbons (Fsp3) is 0.263. The van der Waals surface area contributed by atoms with Crippen molar-refractivity contribution in [1.29, 1.82) is 0 Å². The van der Waals surface area contributed by atoms with Crippen LogP contribution in [0.3, 0.4) is 0 Å². The zero-order valence-corrected chi connectivity index (χ0v) is 15.5. The molecular formula is C19H18ClFN2O4. The highest BCUT2D eigenvalue weighted by Crippen LogP contribution is 2.40. The Labute approximate surface area is 160 Å². The number of amides is 2. The maximum absolute atomic E-state index is 13.0. The molecule has 1 atom stereocenters. The molecular weight excluding hydrogens is 375 g/mol. The van der Waals surface area contributed by atoms with Crippen LogP contribution in [0.2, 0.25) is 5.02 Å². The highest BCUT2D eigenvalue weighted by atomic mass is 35.5. The molecule has 1 aliphatic heterocycles. The molecule has 0 aromatic heterocycles. The number of benzene rings is 2. The lowest BCUT2D eigenvalue weighted by molar-refractivity contribution is -0.122. The van der Waals surface area contributed by atoms with Gasteiger partial charge in [-0.05, 0) is 30.3 Å². The SMILES string of the molecule is COc1cc(OC)c(N2C[C@@H](C(=O)Nc3ccc(F)cc3)CC2=O)cc1Cl. The van der Waals surface area contributed by atoms with Crippen LogP contribution in [0, 0.1) is 11.7 Å². The summed E-state index contributed by atoms with van der Waals surface area (Å²) < 4.78 is 23.5. The molecule has 2 aromatic carbocycles. The second-order valence-electron chi connectivity index (χ2n) is 6.06. The lowest BCUT2D eigenvalue weighted by atomic mass is 10.1. The van der Waals surface area contributed by atoms with Crippen LogP contribution in [0.5, 0.6) is 11.5 Å². The number of carbonyl (C=O) groups is 2. The third-order valence-corrected chi connectivity index (χ3v) is 4.65. The van der Waals surface area contributed by atoms with Gasteiger partial charge in [0.1, 0.15) is 17.3 Å². The molecule has 1 saturated heterocycles. The van der Waals surface area contributed by atoms with Gasteiger partial charge in [-0.3, -0.25) is 9.59 Å². The summed E-state index contributed by atoms with van der Waals surface area (Å²) in [7, 11) is 2.96. The number of nitrogens with one attached hydrogen (secondary N) is 1. The quantitative estimate of drug-likeness (QED) is 0.845. The van der Waals surface area contributed by atoms with Crippen LogP contribution in [-0.4, -0.2) is 32.6 Å². The van der Waals surface area contributed by atoms with E-state index in [1.165, 1.54) is 43.4 Å². The van der Waals surface area contributed by atoms with Crippen molar-refractivity contribution < 1.29 is 23.5 Å². The third kappa shape index (κ3) is 3.98. The molecule has 6 nitrogen and oxygen atoms in total. The molecule has 0 aliphatic carbocycles. The minimum atomic E-state index is -0.548. The number of hydrogen-bond acceptors (Lipinski definition) is 4. The summed E-state index contributed by atoms with van der Waals surface area (Å²) in [6.07, 6.45) is 0.0554. The van der Waals surface area contributed by atoms with E-state index in [1.807, 2.05) is 0 Å². The topological polar surface area (TPSA) is 67.9 Å². The van der Waals surface area contributed by atoms with Gasteiger partial charge in [-0.25, -0.2) is 4.39 Å². The summed E-state index contributed by atoms with van der Waals surface area (Å²) in [5.41, 5.74) is 0.947. The molecule has 2 aromatic rings. The van der Waals surface area contributed by atoms with E-state index in [2.05, 4.69) is 5.32 Å². The molecule has 1 fully saturated rings. The molecule has 1 aliphatic rings. The Hall–Kier alpha value is -2.80. The van der Waals surface area contributed by atoms with Gasteiger partial charge in [-0.1, -0.05) is 11.6 Å². The average Bonchev–Trinajstić information content (AvgIpc) is 3.05. The molecule has 3 rings (SSSR count). The van der Waals surface area contributed by atoms with Crippen molar-refractivity contribution in [2.24, 2.45) is 5.92 Å². The van der Waals surface area contributed by atoms with Gasteiger partial charge in [0.25, 0.3) is 0 Å². The van der Waals surface area contributed by atoms with E-state index in [1.54, 1.807) is 12.1 Å². The molecule has 0 unspecified atom stereocenters. The molecule has 0 bridgehead atoms. The van der Waals surface area contributed by atoms with Crippen LogP contribution in [0.15, 0.2) is 36.4 Å². The summed E-state index contributed by atoms with van der Waals surface area (Å²) in [5, 5.41) is 3.03. The van der Waals surface area contributed by atoms with E-state index in [-0.39, 0.29) is 24.8 Å². The van der Waals surface area contributed by atoms with Gasteiger partial charge in [0.05, 0.1) is 30.8 Å². The van der Waals surface area contributed by atoms with Crippen LogP contribution >= 0.6 is 11.6 Å². The third-order valence-electron chi connectivity index (χ3n) is 4.35. The van der Waals surface area contributed by atoms with Gasteiger partial charge >= 0.3 is 0 Å². The molecule has 0 radical (unpaired) electrons. The smallest absolute Gasteiger partial charge is 0.229 e. The summed E-state index contributed by atoms with van der Waals surface area (Å²) >= 11 is 6.18. The number of carbonyl (C=O) groups excluding carboxylic acids is 2. The van der Waals surface area contributed by atoms with Gasteiger partial charge in [0.2, 0.25) is 11.8 Å². The van der Waals surface area contributed by atoms with Crippen LogP contribution in [0.4, 0.5) is 15.8 Å². The summed E-state index contributed by atoms with van der Waals surface area (Å²) in [6, 6.07) is 8.62. The van der Waals surface area contributed by atoms with Crippen molar-refractivity contribution in [1.82, 2.24) is 0 Å². The largest absolute Gasteiger partial charge is 0.495 e. The van der Waals surface area contributed by atoms with E-state index in [4.69, 9.17) is 21.1 Å². The van der Waals surface area contributed by atoms with Crippen molar-refractivity contribution in [2.75, 3.05) is 31.0 Å². The normalized spacial score (nSPS) is 16.4. The van der Waals surface area contributed by atoms with Crippen LogP contribution in [-0.2, 0) is 9.59 Å². The Kier molecular flexibility index (Phi) is 5.51. The van der Waals surface area contributed by atoms with Crippen molar-refractivity contribution in [2.45, 2.75) is 6.42 Å². The summed E-state index contributed by atoms with van der Waals surface area (Å²) in [4.78, 5) is 26.4. The average molecular weight is 393 g/mol. The highest BCUT2D eigenvalue weighted by molar-refractivity contribution is 6.32. The van der Waals surface area contributed by atoms with Gasteiger partial charge in [0.15, 0.2) is 0 Å². The molecule has 27 heavy (non-hydrogen) atoms. The number of methoxy groups -OCH3 is 2. The number of hydrogen-bond donors (Lipinski definition) is 1. The first-order chi connectivity index (χ1) is 12.9. The van der Waals surface area contributed by atoms with Crippen LogP contribution < -0.4 is 19.7 Å². The zero-order valence-electron chi connectivity index (χ0n) is 14.8. The Morgan fingerprint density at radius 3 is 2.48 bits per heavy atom. The van der Waals surface area contributed by atoms with Crippen LogP contribution in [0.1, 0.15) is 6.42 Å². The van der Waals surface area contributed by atoms with Gasteiger partial charge in [0, 0.05) is 24.7 Å². The van der Waals surface area contributed by atoms with Crippen molar-refractivity contribution in [3.8, 4) is 11.5 Å². The van der Waals surface area contributed by atoms with Gasteiger partial charge < -0.3 is 19.7 Å². The first kappa shape index (κ1) is 19.0. The fourth-order valence-electron chi connectivity index (χ4n) is 2.95. The number of ether oxygens (including phenoxy) is 2. The molecule has 142 valence electrons. The van der Waals surface area contributed by atoms with Gasteiger partial charge in [-0.2, -0.15) is 0 Å². The second kappa shape index (κ2) is 7.84. The number of rotatable bonds is 5. The van der Waals surface area contributed by atoms with Crippen LogP contribution in [0.25, 0.3) is 0 Å². The van der Waals surface area contributed by atoms with Crippen molar-refractivity contribution in [3.05, 3.63) is 47.2 Å². The minimum absolute atomic E-state index is 0.0554. The molecule has 0 saturated carbocycles. The zero-order chi connectivity index (χ0) is 19.6. The Morgan fingerprint density at radius 2 is 1.85 bits per heavy atom. The van der Waals surface area contributed by atoms with E-state index >= 15 is 0 Å². The van der Waals surface area contributed by atoms with E-state index in [0.29, 0.717) is 27.9 Å². The predicted molar refractivity (Wildman–Crippen MR) is 100 cm³/mol. The Morgan fingerprint density at radius 1 is 1.19 bits per heavy atom. The lowest BCUT2D eigenvalue weighted by Crippen LogP contribution is -2.28. The van der Waals surface area contributed by atoms with E-state index < -0.39 is 11.7 Å². The highest BCUT2D eigenvalue weighted by Gasteiger charge is 2.36. The monoisotopic (exact) mass is 392 g/mol. The minimum Gasteiger partial charge on any atom is -0.495 e. The first-order valence-electron chi connectivity index (χ1n) is 8.21. The number of halogens is 2. The molecule has 2 amide bonds. The Balaban J connectivity index is 1.78. The lowest BCUT2D eigenvalue weighted by Gasteiger charge is -2.21. The Bertz CT molecular complexity index is 873. The number of nitrogens with zero attached hydrogens (tertiary/aromatic N) is 1. The molecule has 1 N–H and O–H groups in total. The molecule has 8 heteroatoms. The fourth-order valence-corrected chi connectivity index (χ4v) is 3.18. The van der Waals surface area contributed by atoms with Crippen molar-refractivity contribution in [3.63, 3.8) is 0 Å². The molecule has 1 heterocycles. The number of anilines is 2. The second-order valence-corrected chi connectivity index (χ2v) is 6.47. The van der Waals surface area contributed by atoms with E-state index in [9.17, 15) is 14.0 Å².